The number of thioether (sulfide) groups is 1. The number of hydrogen-bond acceptors (Lipinski definition) is 3. The number of halogens is 1. The largest absolute Gasteiger partial charge is 0.352 e. The molecule has 1 amide bonds. The summed E-state index contributed by atoms with van der Waals surface area (Å²) in [6.45, 7) is 2.83. The topological polar surface area (TPSA) is 46.9 Å². The SMILES string of the molecule is CCn1c(S[C@H](C(=O)NC2CC2)c2ccc(F)cc2)nc2ccccc21. The second kappa shape index (κ2) is 7.11. The quantitative estimate of drug-likeness (QED) is 0.659. The zero-order chi connectivity index (χ0) is 18.1. The lowest BCUT2D eigenvalue weighted by Crippen LogP contribution is -2.30. The van der Waals surface area contributed by atoms with Gasteiger partial charge in [-0.05, 0) is 49.6 Å². The van der Waals surface area contributed by atoms with Gasteiger partial charge in [0.15, 0.2) is 5.16 Å². The van der Waals surface area contributed by atoms with Crippen LogP contribution in [-0.2, 0) is 11.3 Å². The summed E-state index contributed by atoms with van der Waals surface area (Å²) in [6.07, 6.45) is 2.06. The van der Waals surface area contributed by atoms with Gasteiger partial charge < -0.3 is 9.88 Å². The van der Waals surface area contributed by atoms with Crippen LogP contribution in [0.2, 0.25) is 0 Å². The number of aryl methyl sites for hydroxylation is 1. The predicted molar refractivity (Wildman–Crippen MR) is 102 cm³/mol. The second-order valence-electron chi connectivity index (χ2n) is 6.46. The molecule has 0 saturated heterocycles. The van der Waals surface area contributed by atoms with Crippen LogP contribution in [-0.4, -0.2) is 21.5 Å². The fourth-order valence-electron chi connectivity index (χ4n) is 2.97. The number of imidazole rings is 1. The number of carbonyl (C=O) groups excluding carboxylic acids is 1. The Labute approximate surface area is 155 Å². The van der Waals surface area contributed by atoms with Gasteiger partial charge in [0.2, 0.25) is 5.91 Å². The zero-order valence-corrected chi connectivity index (χ0v) is 15.3. The molecule has 1 atom stereocenters. The first kappa shape index (κ1) is 17.1. The maximum atomic E-state index is 13.3. The summed E-state index contributed by atoms with van der Waals surface area (Å²) in [7, 11) is 0. The smallest absolute Gasteiger partial charge is 0.238 e. The molecule has 134 valence electrons. The Morgan fingerprint density at radius 2 is 2.00 bits per heavy atom. The van der Waals surface area contributed by atoms with E-state index in [0.29, 0.717) is 0 Å². The highest BCUT2D eigenvalue weighted by Gasteiger charge is 2.30. The van der Waals surface area contributed by atoms with Crippen LogP contribution in [0.3, 0.4) is 0 Å². The van der Waals surface area contributed by atoms with Crippen molar-refractivity contribution in [3.05, 3.63) is 59.9 Å². The van der Waals surface area contributed by atoms with Crippen LogP contribution < -0.4 is 5.32 Å². The summed E-state index contributed by atoms with van der Waals surface area (Å²) in [4.78, 5) is 17.6. The van der Waals surface area contributed by atoms with E-state index in [1.54, 1.807) is 12.1 Å². The van der Waals surface area contributed by atoms with E-state index >= 15 is 0 Å². The number of benzene rings is 2. The molecule has 1 N–H and O–H groups in total. The number of rotatable bonds is 6. The van der Waals surface area contributed by atoms with Crippen molar-refractivity contribution in [2.24, 2.45) is 0 Å². The maximum absolute atomic E-state index is 13.3. The number of nitrogens with one attached hydrogen (secondary N) is 1. The normalized spacial score (nSPS) is 15.2. The zero-order valence-electron chi connectivity index (χ0n) is 14.5. The van der Waals surface area contributed by atoms with Crippen molar-refractivity contribution in [2.45, 2.75) is 42.8 Å². The average molecular weight is 369 g/mol. The number of nitrogens with zero attached hydrogens (tertiary/aromatic N) is 2. The van der Waals surface area contributed by atoms with E-state index < -0.39 is 5.25 Å². The molecule has 1 aromatic heterocycles. The van der Waals surface area contributed by atoms with E-state index in [2.05, 4.69) is 16.8 Å². The van der Waals surface area contributed by atoms with E-state index in [0.717, 1.165) is 41.1 Å². The van der Waals surface area contributed by atoms with Crippen LogP contribution in [0.15, 0.2) is 53.7 Å². The Hall–Kier alpha value is -2.34. The Bertz CT molecular complexity index is 934. The summed E-state index contributed by atoms with van der Waals surface area (Å²) >= 11 is 1.42. The monoisotopic (exact) mass is 369 g/mol. The highest BCUT2D eigenvalue weighted by molar-refractivity contribution is 8.00. The molecule has 4 rings (SSSR count). The summed E-state index contributed by atoms with van der Waals surface area (Å²) in [5.41, 5.74) is 2.75. The molecule has 1 fully saturated rings. The molecule has 0 radical (unpaired) electrons. The van der Waals surface area contributed by atoms with Crippen molar-refractivity contribution in [3.8, 4) is 0 Å². The molecular weight excluding hydrogens is 349 g/mol. The molecule has 26 heavy (non-hydrogen) atoms. The van der Waals surface area contributed by atoms with Gasteiger partial charge >= 0.3 is 0 Å². The number of fused-ring (bicyclic) bond motifs is 1. The third-order valence-electron chi connectivity index (χ3n) is 4.49. The third kappa shape index (κ3) is 3.46. The highest BCUT2D eigenvalue weighted by atomic mass is 32.2. The van der Waals surface area contributed by atoms with E-state index in [-0.39, 0.29) is 17.8 Å². The van der Waals surface area contributed by atoms with Gasteiger partial charge in [-0.3, -0.25) is 4.79 Å². The van der Waals surface area contributed by atoms with Gasteiger partial charge in [0, 0.05) is 12.6 Å². The van der Waals surface area contributed by atoms with Crippen molar-refractivity contribution in [3.63, 3.8) is 0 Å². The number of hydrogen-bond donors (Lipinski definition) is 1. The first-order chi connectivity index (χ1) is 12.7. The van der Waals surface area contributed by atoms with Crippen LogP contribution in [0.1, 0.15) is 30.6 Å². The molecule has 0 aliphatic heterocycles. The van der Waals surface area contributed by atoms with Crippen molar-refractivity contribution in [1.82, 2.24) is 14.9 Å². The van der Waals surface area contributed by atoms with Gasteiger partial charge in [0.25, 0.3) is 0 Å². The van der Waals surface area contributed by atoms with Crippen LogP contribution >= 0.6 is 11.8 Å². The van der Waals surface area contributed by atoms with E-state index in [1.165, 1.54) is 23.9 Å². The van der Waals surface area contributed by atoms with Gasteiger partial charge in [-0.25, -0.2) is 9.37 Å². The molecule has 1 aliphatic carbocycles. The van der Waals surface area contributed by atoms with Gasteiger partial charge in [-0.1, -0.05) is 36.0 Å². The molecule has 1 aliphatic rings. The predicted octanol–water partition coefficient (Wildman–Crippen LogP) is 4.31. The number of para-hydroxylation sites is 2. The molecule has 2 aromatic carbocycles. The molecule has 3 aromatic rings. The molecule has 0 bridgehead atoms. The first-order valence-corrected chi connectivity index (χ1v) is 9.71. The fraction of sp³-hybridized carbons (Fsp3) is 0.300. The Morgan fingerprint density at radius 1 is 1.27 bits per heavy atom. The Kier molecular flexibility index (Phi) is 4.68. The molecule has 0 unspecified atom stereocenters. The van der Waals surface area contributed by atoms with Crippen LogP contribution in [0.25, 0.3) is 11.0 Å². The Balaban J connectivity index is 1.69. The third-order valence-corrected chi connectivity index (χ3v) is 5.74. The lowest BCUT2D eigenvalue weighted by atomic mass is 10.1. The van der Waals surface area contributed by atoms with Crippen LogP contribution in [0.4, 0.5) is 4.39 Å². The van der Waals surface area contributed by atoms with Gasteiger partial charge in [0.05, 0.1) is 11.0 Å². The standard InChI is InChI=1S/C20H20FN3OS/c1-2-24-17-6-4-3-5-16(17)23-20(24)26-18(19(25)22-15-11-12-15)13-7-9-14(21)10-8-13/h3-10,15,18H,2,11-12H2,1H3,(H,22,25)/t18-/m0/s1. The van der Waals surface area contributed by atoms with Gasteiger partial charge in [-0.15, -0.1) is 0 Å². The van der Waals surface area contributed by atoms with Crippen molar-refractivity contribution >= 4 is 28.7 Å². The number of aromatic nitrogens is 2. The van der Waals surface area contributed by atoms with E-state index in [4.69, 9.17) is 4.98 Å². The molecule has 1 heterocycles. The van der Waals surface area contributed by atoms with Crippen LogP contribution in [0, 0.1) is 5.82 Å². The van der Waals surface area contributed by atoms with Crippen molar-refractivity contribution in [1.29, 1.82) is 0 Å². The van der Waals surface area contributed by atoms with Crippen molar-refractivity contribution in [2.75, 3.05) is 0 Å². The minimum Gasteiger partial charge on any atom is -0.352 e. The fourth-order valence-corrected chi connectivity index (χ4v) is 4.15. The summed E-state index contributed by atoms with van der Waals surface area (Å²) in [5.74, 6) is -0.347. The van der Waals surface area contributed by atoms with Crippen molar-refractivity contribution < 1.29 is 9.18 Å². The average Bonchev–Trinajstić information content (AvgIpc) is 3.38. The van der Waals surface area contributed by atoms with Gasteiger partial charge in [0.1, 0.15) is 11.1 Å². The molecule has 6 heteroatoms. The second-order valence-corrected chi connectivity index (χ2v) is 7.53. The molecule has 4 nitrogen and oxygen atoms in total. The lowest BCUT2D eigenvalue weighted by Gasteiger charge is -2.17. The highest BCUT2D eigenvalue weighted by Crippen LogP contribution is 2.37. The van der Waals surface area contributed by atoms with Gasteiger partial charge in [-0.2, -0.15) is 0 Å². The lowest BCUT2D eigenvalue weighted by molar-refractivity contribution is -0.120. The number of carbonyl (C=O) groups is 1. The summed E-state index contributed by atoms with van der Waals surface area (Å²) in [6, 6.07) is 14.4. The van der Waals surface area contributed by atoms with E-state index in [9.17, 15) is 9.18 Å². The van der Waals surface area contributed by atoms with E-state index in [1.807, 2.05) is 24.3 Å². The molecule has 0 spiro atoms. The minimum atomic E-state index is -0.460. The first-order valence-electron chi connectivity index (χ1n) is 8.83. The molecule has 1 saturated carbocycles. The summed E-state index contributed by atoms with van der Waals surface area (Å²) < 4.78 is 15.4. The Morgan fingerprint density at radius 3 is 2.69 bits per heavy atom. The van der Waals surface area contributed by atoms with Crippen LogP contribution in [0.5, 0.6) is 0 Å². The minimum absolute atomic E-state index is 0.0428. The molecular formula is C20H20FN3OS. The number of amides is 1. The maximum Gasteiger partial charge on any atom is 0.238 e. The summed E-state index contributed by atoms with van der Waals surface area (Å²) in [5, 5.41) is 3.41.